The Labute approximate surface area is 115 Å². The second-order valence-corrected chi connectivity index (χ2v) is 5.67. The van der Waals surface area contributed by atoms with Crippen molar-refractivity contribution in [1.29, 1.82) is 0 Å². The molecule has 0 saturated carbocycles. The van der Waals surface area contributed by atoms with Crippen LogP contribution in [0.3, 0.4) is 0 Å². The van der Waals surface area contributed by atoms with E-state index in [4.69, 9.17) is 0 Å². The number of piperidine rings is 1. The molecule has 0 spiro atoms. The van der Waals surface area contributed by atoms with E-state index in [-0.39, 0.29) is 11.4 Å². The summed E-state index contributed by atoms with van der Waals surface area (Å²) in [7, 11) is 2.04. The Balaban J connectivity index is 2.05. The molecule has 1 unspecified atom stereocenters. The molecule has 0 radical (unpaired) electrons. The summed E-state index contributed by atoms with van der Waals surface area (Å²) in [6, 6.07) is 3.63. The average Bonchev–Trinajstić information content (AvgIpc) is 2.44. The molecule has 1 aliphatic heterocycles. The van der Waals surface area contributed by atoms with Crippen LogP contribution in [0.5, 0.6) is 0 Å². The summed E-state index contributed by atoms with van der Waals surface area (Å²) in [5.41, 5.74) is 1.24. The first-order chi connectivity index (χ1) is 9.08. The molecule has 0 bridgehead atoms. The van der Waals surface area contributed by atoms with Gasteiger partial charge in [0.2, 0.25) is 0 Å². The number of aromatic nitrogens is 1. The Morgan fingerprint density at radius 3 is 2.58 bits per heavy atom. The van der Waals surface area contributed by atoms with Gasteiger partial charge in [0.15, 0.2) is 0 Å². The van der Waals surface area contributed by atoms with E-state index in [1.54, 1.807) is 0 Å². The van der Waals surface area contributed by atoms with Crippen molar-refractivity contribution in [3.8, 4) is 0 Å². The lowest BCUT2D eigenvalue weighted by Crippen LogP contribution is -2.50. The molecule has 1 aliphatic rings. The maximum Gasteiger partial charge on any atom is 0.141 e. The van der Waals surface area contributed by atoms with E-state index in [1.807, 2.05) is 13.1 Å². The molecule has 1 aromatic heterocycles. The van der Waals surface area contributed by atoms with Gasteiger partial charge in [0.1, 0.15) is 5.82 Å². The van der Waals surface area contributed by atoms with Crippen LogP contribution >= 0.6 is 0 Å². The number of halogens is 1. The fourth-order valence-electron chi connectivity index (χ4n) is 2.82. The zero-order valence-electron chi connectivity index (χ0n) is 12.1. The lowest BCUT2D eigenvalue weighted by atomic mass is 9.88. The van der Waals surface area contributed by atoms with Gasteiger partial charge in [0, 0.05) is 18.6 Å². The maximum absolute atomic E-state index is 13.0. The first kappa shape index (κ1) is 14.4. The second-order valence-electron chi connectivity index (χ2n) is 5.67. The van der Waals surface area contributed by atoms with Crippen LogP contribution in [0.4, 0.5) is 4.39 Å². The number of pyridine rings is 1. The van der Waals surface area contributed by atoms with E-state index in [0.29, 0.717) is 6.04 Å². The van der Waals surface area contributed by atoms with Crippen LogP contribution in [0.1, 0.15) is 44.8 Å². The molecule has 2 heterocycles. The number of hydrogen-bond acceptors (Lipinski definition) is 3. The Morgan fingerprint density at radius 1 is 1.42 bits per heavy atom. The number of hydrogen-bond donors (Lipinski definition) is 1. The topological polar surface area (TPSA) is 28.2 Å². The summed E-state index contributed by atoms with van der Waals surface area (Å²) in [4.78, 5) is 6.72. The first-order valence-electron chi connectivity index (χ1n) is 7.12. The smallest absolute Gasteiger partial charge is 0.141 e. The molecule has 106 valence electrons. The molecule has 1 aromatic rings. The summed E-state index contributed by atoms with van der Waals surface area (Å²) in [6.07, 6.45) is 4.61. The minimum atomic E-state index is -0.264. The fraction of sp³-hybridized carbons (Fsp3) is 0.667. The lowest BCUT2D eigenvalue weighted by Gasteiger charge is -2.42. The molecule has 3 nitrogen and oxygen atoms in total. The van der Waals surface area contributed by atoms with E-state index in [1.165, 1.54) is 12.3 Å². The summed E-state index contributed by atoms with van der Waals surface area (Å²) in [5.74, 6) is -0.264. The number of rotatable bonds is 4. The van der Waals surface area contributed by atoms with E-state index >= 15 is 0 Å². The molecule has 0 amide bonds. The summed E-state index contributed by atoms with van der Waals surface area (Å²) < 4.78 is 13.0. The van der Waals surface area contributed by atoms with Gasteiger partial charge in [0.25, 0.3) is 0 Å². The predicted molar refractivity (Wildman–Crippen MR) is 75.5 cm³/mol. The number of nitrogens with one attached hydrogen (secondary N) is 1. The Hall–Kier alpha value is -1.00. The molecule has 0 aromatic carbocycles. The van der Waals surface area contributed by atoms with Gasteiger partial charge in [-0.1, -0.05) is 6.92 Å². The van der Waals surface area contributed by atoms with Crippen LogP contribution in [0.15, 0.2) is 18.3 Å². The monoisotopic (exact) mass is 265 g/mol. The largest absolute Gasteiger partial charge is 0.314 e. The third-order valence-corrected chi connectivity index (χ3v) is 4.42. The molecular weight excluding hydrogens is 241 g/mol. The molecule has 2 rings (SSSR count). The maximum atomic E-state index is 13.0. The Kier molecular flexibility index (Phi) is 4.53. The highest BCUT2D eigenvalue weighted by Crippen LogP contribution is 2.29. The Bertz CT molecular complexity index is 396. The van der Waals surface area contributed by atoms with E-state index in [9.17, 15) is 4.39 Å². The van der Waals surface area contributed by atoms with E-state index in [0.717, 1.165) is 38.0 Å². The zero-order chi connectivity index (χ0) is 13.9. The molecule has 0 aliphatic carbocycles. The molecule has 1 N–H and O–H groups in total. The molecule has 1 fully saturated rings. The van der Waals surface area contributed by atoms with Gasteiger partial charge in [-0.25, -0.2) is 4.39 Å². The van der Waals surface area contributed by atoms with Crippen molar-refractivity contribution in [2.45, 2.75) is 44.7 Å². The van der Waals surface area contributed by atoms with E-state index in [2.05, 4.69) is 29.0 Å². The number of likely N-dealkylation sites (tertiary alicyclic amines) is 1. The normalized spacial score (nSPS) is 21.3. The van der Waals surface area contributed by atoms with Gasteiger partial charge in [-0.2, -0.15) is 0 Å². The summed E-state index contributed by atoms with van der Waals surface area (Å²) in [6.45, 7) is 6.58. The summed E-state index contributed by atoms with van der Waals surface area (Å²) >= 11 is 0. The van der Waals surface area contributed by atoms with Crippen LogP contribution in [0.25, 0.3) is 0 Å². The molecular formula is C15H24FN3. The van der Waals surface area contributed by atoms with Crippen LogP contribution in [0.2, 0.25) is 0 Å². The van der Waals surface area contributed by atoms with Gasteiger partial charge < -0.3 is 5.32 Å². The van der Waals surface area contributed by atoms with Crippen molar-refractivity contribution in [2.24, 2.45) is 0 Å². The predicted octanol–water partition coefficient (Wildman–Crippen LogP) is 2.75. The molecule has 1 atom stereocenters. The minimum Gasteiger partial charge on any atom is -0.314 e. The van der Waals surface area contributed by atoms with Crippen molar-refractivity contribution < 1.29 is 4.39 Å². The van der Waals surface area contributed by atoms with Crippen molar-refractivity contribution in [3.63, 3.8) is 0 Å². The average molecular weight is 265 g/mol. The van der Waals surface area contributed by atoms with Crippen molar-refractivity contribution in [3.05, 3.63) is 29.8 Å². The Morgan fingerprint density at radius 2 is 2.11 bits per heavy atom. The summed E-state index contributed by atoms with van der Waals surface area (Å²) in [5, 5.41) is 3.41. The highest BCUT2D eigenvalue weighted by atomic mass is 19.1. The van der Waals surface area contributed by atoms with Gasteiger partial charge >= 0.3 is 0 Å². The van der Waals surface area contributed by atoms with Gasteiger partial charge in [-0.15, -0.1) is 0 Å². The van der Waals surface area contributed by atoms with Crippen molar-refractivity contribution >= 4 is 0 Å². The standard InChI is InChI=1S/C15H24FN3/c1-4-14(13-6-5-12(16)11-18-13)19-9-7-15(2,17-3)8-10-19/h5-6,11,14,17H,4,7-10H2,1-3H3. The van der Waals surface area contributed by atoms with Gasteiger partial charge in [-0.05, 0) is 45.4 Å². The SMILES string of the molecule is CCC(c1ccc(F)cn1)N1CCC(C)(NC)CC1. The van der Waals surface area contributed by atoms with Crippen LogP contribution in [-0.4, -0.2) is 35.6 Å². The minimum absolute atomic E-state index is 0.255. The zero-order valence-corrected chi connectivity index (χ0v) is 12.1. The van der Waals surface area contributed by atoms with Gasteiger partial charge in [-0.3, -0.25) is 9.88 Å². The first-order valence-corrected chi connectivity index (χ1v) is 7.12. The third kappa shape index (κ3) is 3.31. The molecule has 1 saturated heterocycles. The third-order valence-electron chi connectivity index (χ3n) is 4.42. The van der Waals surface area contributed by atoms with Crippen LogP contribution in [-0.2, 0) is 0 Å². The second kappa shape index (κ2) is 5.97. The number of nitrogens with zero attached hydrogens (tertiary/aromatic N) is 2. The quantitative estimate of drug-likeness (QED) is 0.907. The van der Waals surface area contributed by atoms with E-state index < -0.39 is 0 Å². The van der Waals surface area contributed by atoms with Crippen LogP contribution in [0, 0.1) is 5.82 Å². The molecule has 19 heavy (non-hydrogen) atoms. The van der Waals surface area contributed by atoms with Gasteiger partial charge in [0.05, 0.1) is 17.9 Å². The highest BCUT2D eigenvalue weighted by Gasteiger charge is 2.31. The van der Waals surface area contributed by atoms with Crippen molar-refractivity contribution in [1.82, 2.24) is 15.2 Å². The fourth-order valence-corrected chi connectivity index (χ4v) is 2.82. The van der Waals surface area contributed by atoms with Crippen molar-refractivity contribution in [2.75, 3.05) is 20.1 Å². The molecule has 4 heteroatoms. The highest BCUT2D eigenvalue weighted by molar-refractivity contribution is 5.10. The lowest BCUT2D eigenvalue weighted by molar-refractivity contribution is 0.105. The van der Waals surface area contributed by atoms with Crippen LogP contribution < -0.4 is 5.32 Å².